The molecule has 0 saturated carbocycles. The van der Waals surface area contributed by atoms with Gasteiger partial charge in [-0.2, -0.15) is 0 Å². The summed E-state index contributed by atoms with van der Waals surface area (Å²) in [5.41, 5.74) is 7.48. The summed E-state index contributed by atoms with van der Waals surface area (Å²) in [6.07, 6.45) is 2.91. The summed E-state index contributed by atoms with van der Waals surface area (Å²) in [6.45, 7) is 2.10. The number of nitrogens with zero attached hydrogens (tertiary/aromatic N) is 2. The molecule has 0 radical (unpaired) electrons. The van der Waals surface area contributed by atoms with Crippen LogP contribution in [-0.4, -0.2) is 29.6 Å². The van der Waals surface area contributed by atoms with Crippen molar-refractivity contribution in [2.24, 2.45) is 5.73 Å². The summed E-state index contributed by atoms with van der Waals surface area (Å²) in [7, 11) is 1.68. The van der Waals surface area contributed by atoms with E-state index in [1.54, 1.807) is 42.0 Å². The minimum absolute atomic E-state index is 0.0590. The molecule has 0 aliphatic heterocycles. The zero-order valence-electron chi connectivity index (χ0n) is 12.3. The van der Waals surface area contributed by atoms with E-state index in [4.69, 9.17) is 10.5 Å². The predicted molar refractivity (Wildman–Crippen MR) is 91.5 cm³/mol. The van der Waals surface area contributed by atoms with Crippen LogP contribution in [0.15, 0.2) is 32.9 Å². The lowest BCUT2D eigenvalue weighted by Gasteiger charge is -2.22. The maximum atomic E-state index is 6.32. The Balaban J connectivity index is 2.25. The third kappa shape index (κ3) is 4.35. The Morgan fingerprint density at radius 2 is 2.10 bits per heavy atom. The highest BCUT2D eigenvalue weighted by molar-refractivity contribution is 8.03. The predicted octanol–water partition coefficient (Wildman–Crippen LogP) is 3.84. The second-order valence-corrected chi connectivity index (χ2v) is 7.84. The Bertz CT molecular complexity index is 576. The van der Waals surface area contributed by atoms with Gasteiger partial charge in [0.2, 0.25) is 0 Å². The van der Waals surface area contributed by atoms with Gasteiger partial charge in [0.25, 0.3) is 0 Å². The van der Waals surface area contributed by atoms with Gasteiger partial charge in [0.1, 0.15) is 5.75 Å². The Labute approximate surface area is 137 Å². The van der Waals surface area contributed by atoms with Crippen LogP contribution in [0.5, 0.6) is 5.75 Å². The van der Waals surface area contributed by atoms with Gasteiger partial charge in [0, 0.05) is 6.04 Å². The molecule has 0 aliphatic carbocycles. The monoisotopic (exact) mass is 341 g/mol. The Kier molecular flexibility index (Phi) is 6.35. The fourth-order valence-electron chi connectivity index (χ4n) is 1.87. The quantitative estimate of drug-likeness (QED) is 0.772. The molecule has 7 heteroatoms. The molecular formula is C14H19N3OS3. The molecule has 0 saturated heterocycles. The molecular weight excluding hydrogens is 322 g/mol. The topological polar surface area (TPSA) is 61.0 Å². The van der Waals surface area contributed by atoms with Crippen LogP contribution in [0.1, 0.15) is 24.2 Å². The van der Waals surface area contributed by atoms with Gasteiger partial charge in [0.15, 0.2) is 8.68 Å². The van der Waals surface area contributed by atoms with Gasteiger partial charge in [-0.15, -0.1) is 10.2 Å². The summed E-state index contributed by atoms with van der Waals surface area (Å²) >= 11 is 4.90. The zero-order chi connectivity index (χ0) is 15.2. The number of hydrogen-bond donors (Lipinski definition) is 1. The van der Waals surface area contributed by atoms with Crippen molar-refractivity contribution >= 4 is 34.9 Å². The average Bonchev–Trinajstić information content (AvgIpc) is 2.99. The smallest absolute Gasteiger partial charge is 0.175 e. The molecule has 2 rings (SSSR count). The van der Waals surface area contributed by atoms with Crippen LogP contribution in [0.2, 0.25) is 0 Å². The van der Waals surface area contributed by atoms with E-state index in [-0.39, 0.29) is 11.3 Å². The molecule has 0 fully saturated rings. The van der Waals surface area contributed by atoms with Crippen LogP contribution in [0.25, 0.3) is 0 Å². The summed E-state index contributed by atoms with van der Waals surface area (Å²) in [6, 6.07) is 8.14. The van der Waals surface area contributed by atoms with Crippen LogP contribution in [0.3, 0.4) is 0 Å². The minimum atomic E-state index is 0.0590. The van der Waals surface area contributed by atoms with Gasteiger partial charge in [0.05, 0.1) is 12.4 Å². The Morgan fingerprint density at radius 1 is 1.33 bits per heavy atom. The number of benzene rings is 1. The van der Waals surface area contributed by atoms with E-state index < -0.39 is 0 Å². The summed E-state index contributed by atoms with van der Waals surface area (Å²) < 4.78 is 7.24. The first kappa shape index (κ1) is 16.6. The van der Waals surface area contributed by atoms with Crippen molar-refractivity contribution in [1.29, 1.82) is 0 Å². The van der Waals surface area contributed by atoms with Gasteiger partial charge in [-0.25, -0.2) is 0 Å². The maximum Gasteiger partial charge on any atom is 0.175 e. The highest BCUT2D eigenvalue weighted by Crippen LogP contribution is 2.41. The van der Waals surface area contributed by atoms with E-state index in [0.29, 0.717) is 0 Å². The molecule has 1 aromatic carbocycles. The van der Waals surface area contributed by atoms with E-state index in [9.17, 15) is 0 Å². The van der Waals surface area contributed by atoms with E-state index in [1.165, 1.54) is 0 Å². The fraction of sp³-hybridized carbons (Fsp3) is 0.429. The third-order valence-corrected chi connectivity index (χ3v) is 6.46. The molecule has 0 spiro atoms. The number of aromatic nitrogens is 2. The molecule has 2 unspecified atom stereocenters. The Hall–Kier alpha value is -0.760. The van der Waals surface area contributed by atoms with Crippen molar-refractivity contribution in [3.63, 3.8) is 0 Å². The third-order valence-electron chi connectivity index (χ3n) is 3.07. The summed E-state index contributed by atoms with van der Waals surface area (Å²) in [5.74, 6) is 0.850. The lowest BCUT2D eigenvalue weighted by Crippen LogP contribution is -2.25. The first-order chi connectivity index (χ1) is 10.2. The van der Waals surface area contributed by atoms with E-state index in [2.05, 4.69) is 23.2 Å². The molecule has 1 aromatic heterocycles. The molecule has 21 heavy (non-hydrogen) atoms. The van der Waals surface area contributed by atoms with Gasteiger partial charge >= 0.3 is 0 Å². The van der Waals surface area contributed by atoms with Gasteiger partial charge in [-0.1, -0.05) is 53.9 Å². The molecule has 0 aliphatic rings. The van der Waals surface area contributed by atoms with Crippen molar-refractivity contribution in [3.8, 4) is 5.75 Å². The molecule has 2 atom stereocenters. The van der Waals surface area contributed by atoms with Crippen molar-refractivity contribution in [1.82, 2.24) is 10.2 Å². The van der Waals surface area contributed by atoms with Gasteiger partial charge in [-0.05, 0) is 30.4 Å². The van der Waals surface area contributed by atoms with Crippen LogP contribution in [0.4, 0.5) is 0 Å². The standard InChI is InChI=1S/C14H19N3OS3/c1-4-11(15)12(9-6-5-7-10(8-9)18-2)20-14-17-16-13(19-3)21-14/h5-8,11-12H,4,15H2,1-3H3. The first-order valence-electron chi connectivity index (χ1n) is 6.61. The second-order valence-electron chi connectivity index (χ2n) is 4.43. The number of methoxy groups -OCH3 is 1. The lowest BCUT2D eigenvalue weighted by molar-refractivity contribution is 0.414. The highest BCUT2D eigenvalue weighted by Gasteiger charge is 2.22. The van der Waals surface area contributed by atoms with Crippen molar-refractivity contribution in [3.05, 3.63) is 29.8 Å². The largest absolute Gasteiger partial charge is 0.497 e. The zero-order valence-corrected chi connectivity index (χ0v) is 14.7. The lowest BCUT2D eigenvalue weighted by atomic mass is 10.0. The fourth-order valence-corrected chi connectivity index (χ4v) is 4.73. The molecule has 2 aromatic rings. The summed E-state index contributed by atoms with van der Waals surface area (Å²) in [4.78, 5) is 0. The van der Waals surface area contributed by atoms with Crippen LogP contribution < -0.4 is 10.5 Å². The van der Waals surface area contributed by atoms with E-state index in [1.807, 2.05) is 24.5 Å². The maximum absolute atomic E-state index is 6.32. The van der Waals surface area contributed by atoms with Crippen LogP contribution >= 0.6 is 34.9 Å². The number of ether oxygens (including phenoxy) is 1. The van der Waals surface area contributed by atoms with Crippen LogP contribution in [0, 0.1) is 0 Å². The molecule has 1 heterocycles. The van der Waals surface area contributed by atoms with Crippen LogP contribution in [-0.2, 0) is 0 Å². The van der Waals surface area contributed by atoms with Crippen molar-refractivity contribution in [2.45, 2.75) is 33.3 Å². The number of nitrogens with two attached hydrogens (primary N) is 1. The van der Waals surface area contributed by atoms with Crippen molar-refractivity contribution in [2.75, 3.05) is 13.4 Å². The number of hydrogen-bond acceptors (Lipinski definition) is 7. The van der Waals surface area contributed by atoms with Gasteiger partial charge < -0.3 is 10.5 Å². The molecule has 2 N–H and O–H groups in total. The first-order valence-corrected chi connectivity index (χ1v) is 9.53. The molecule has 114 valence electrons. The number of rotatable bonds is 7. The highest BCUT2D eigenvalue weighted by atomic mass is 32.2. The normalized spacial score (nSPS) is 13.9. The van der Waals surface area contributed by atoms with E-state index in [0.717, 1.165) is 26.4 Å². The summed E-state index contributed by atoms with van der Waals surface area (Å²) in [5, 5.41) is 8.53. The second kappa shape index (κ2) is 8.03. The van der Waals surface area contributed by atoms with Crippen molar-refractivity contribution < 1.29 is 4.74 Å². The molecule has 0 amide bonds. The average molecular weight is 342 g/mol. The SMILES string of the molecule is CCC(N)C(Sc1nnc(SC)s1)c1cccc(OC)c1. The Morgan fingerprint density at radius 3 is 2.71 bits per heavy atom. The molecule has 4 nitrogen and oxygen atoms in total. The number of thioether (sulfide) groups is 2. The molecule has 0 bridgehead atoms. The minimum Gasteiger partial charge on any atom is -0.497 e. The van der Waals surface area contributed by atoms with Gasteiger partial charge in [-0.3, -0.25) is 0 Å². The van der Waals surface area contributed by atoms with E-state index >= 15 is 0 Å².